The van der Waals surface area contributed by atoms with Gasteiger partial charge in [0.05, 0.1) is 13.3 Å². The maximum absolute atomic E-state index is 12.3. The topological polar surface area (TPSA) is 48.1 Å². The van der Waals surface area contributed by atoms with Gasteiger partial charge in [-0.1, -0.05) is 0 Å². The molecule has 1 rings (SSSR count). The van der Waals surface area contributed by atoms with E-state index in [-0.39, 0.29) is 12.2 Å². The number of alkyl halides is 2. The van der Waals surface area contributed by atoms with Crippen LogP contribution in [0.2, 0.25) is 0 Å². The zero-order valence-electron chi connectivity index (χ0n) is 7.13. The van der Waals surface area contributed by atoms with Crippen LogP contribution in [0.1, 0.15) is 17.7 Å². The summed E-state index contributed by atoms with van der Waals surface area (Å²) in [6.45, 7) is 0.0316. The highest BCUT2D eigenvalue weighted by molar-refractivity contribution is 5.29. The minimum atomic E-state index is -2.59. The lowest BCUT2D eigenvalue weighted by atomic mass is 10.2. The molecule has 0 bridgehead atoms. The summed E-state index contributed by atoms with van der Waals surface area (Å²) in [5.41, 5.74) is 5.32. The molecule has 0 radical (unpaired) electrons. The number of nitrogens with two attached hydrogens (primary N) is 1. The molecule has 0 atom stereocenters. The normalized spacial score (nSPS) is 10.5. The van der Waals surface area contributed by atoms with Gasteiger partial charge < -0.3 is 10.5 Å². The maximum atomic E-state index is 12.3. The number of aromatic nitrogens is 1. The Bertz CT molecular complexity index is 291. The van der Waals surface area contributed by atoms with Crippen molar-refractivity contribution in [3.63, 3.8) is 0 Å². The molecule has 72 valence electrons. The van der Waals surface area contributed by atoms with E-state index in [2.05, 4.69) is 4.98 Å². The van der Waals surface area contributed by atoms with Crippen LogP contribution in [-0.2, 0) is 6.54 Å². The predicted octanol–water partition coefficient (Wildman–Crippen LogP) is 1.49. The number of hydrogen-bond acceptors (Lipinski definition) is 3. The summed E-state index contributed by atoms with van der Waals surface area (Å²) in [5, 5.41) is 0. The van der Waals surface area contributed by atoms with Crippen LogP contribution in [0.25, 0.3) is 0 Å². The lowest BCUT2D eigenvalue weighted by Gasteiger charge is -2.07. The average Bonchev–Trinajstić information content (AvgIpc) is 2.16. The zero-order valence-corrected chi connectivity index (χ0v) is 7.13. The first kappa shape index (κ1) is 9.85. The van der Waals surface area contributed by atoms with Gasteiger partial charge in [0.25, 0.3) is 6.43 Å². The van der Waals surface area contributed by atoms with Crippen molar-refractivity contribution < 1.29 is 13.5 Å². The van der Waals surface area contributed by atoms with Gasteiger partial charge in [0.15, 0.2) is 0 Å². The number of pyridine rings is 1. The van der Waals surface area contributed by atoms with Gasteiger partial charge in [0.1, 0.15) is 11.4 Å². The maximum Gasteiger partial charge on any atom is 0.280 e. The highest BCUT2D eigenvalue weighted by atomic mass is 19.3. The van der Waals surface area contributed by atoms with E-state index >= 15 is 0 Å². The van der Waals surface area contributed by atoms with E-state index in [4.69, 9.17) is 10.5 Å². The SMILES string of the molecule is COc1cnc(C(F)F)c(CN)c1. The third kappa shape index (κ3) is 2.12. The number of methoxy groups -OCH3 is 1. The van der Waals surface area contributed by atoms with Crippen LogP contribution in [0, 0.1) is 0 Å². The summed E-state index contributed by atoms with van der Waals surface area (Å²) in [5.74, 6) is 0.435. The number of rotatable bonds is 3. The Balaban J connectivity index is 3.08. The molecular weight excluding hydrogens is 178 g/mol. The molecule has 0 unspecified atom stereocenters. The molecule has 0 aliphatic rings. The van der Waals surface area contributed by atoms with Crippen LogP contribution < -0.4 is 10.5 Å². The van der Waals surface area contributed by atoms with Gasteiger partial charge in [-0.3, -0.25) is 4.98 Å². The largest absolute Gasteiger partial charge is 0.495 e. The Morgan fingerprint density at radius 1 is 1.62 bits per heavy atom. The van der Waals surface area contributed by atoms with Gasteiger partial charge in [0.2, 0.25) is 0 Å². The van der Waals surface area contributed by atoms with Crippen LogP contribution in [-0.4, -0.2) is 12.1 Å². The molecule has 0 amide bonds. The summed E-state index contributed by atoms with van der Waals surface area (Å²) >= 11 is 0. The summed E-state index contributed by atoms with van der Waals surface area (Å²) in [7, 11) is 1.44. The van der Waals surface area contributed by atoms with Crippen molar-refractivity contribution in [2.75, 3.05) is 7.11 Å². The Morgan fingerprint density at radius 2 is 2.31 bits per heavy atom. The molecule has 0 aliphatic carbocycles. The van der Waals surface area contributed by atoms with Gasteiger partial charge in [-0.05, 0) is 11.6 Å². The molecular formula is C8H10F2N2O. The predicted molar refractivity (Wildman–Crippen MR) is 43.6 cm³/mol. The Labute approximate surface area is 74.5 Å². The highest BCUT2D eigenvalue weighted by Crippen LogP contribution is 2.23. The van der Waals surface area contributed by atoms with Crippen molar-refractivity contribution in [1.29, 1.82) is 0 Å². The Hall–Kier alpha value is -1.23. The molecule has 0 spiro atoms. The summed E-state index contributed by atoms with van der Waals surface area (Å²) in [4.78, 5) is 3.56. The second-order valence-corrected chi connectivity index (χ2v) is 2.42. The van der Waals surface area contributed by atoms with E-state index in [1.807, 2.05) is 0 Å². The first-order valence-electron chi connectivity index (χ1n) is 3.70. The molecule has 0 fully saturated rings. The molecule has 0 saturated carbocycles. The molecule has 13 heavy (non-hydrogen) atoms. The molecule has 3 nitrogen and oxygen atoms in total. The van der Waals surface area contributed by atoms with E-state index in [9.17, 15) is 8.78 Å². The van der Waals surface area contributed by atoms with Crippen LogP contribution in [0.15, 0.2) is 12.3 Å². The molecule has 2 N–H and O–H groups in total. The Morgan fingerprint density at radius 3 is 2.77 bits per heavy atom. The van der Waals surface area contributed by atoms with Crippen LogP contribution in [0.4, 0.5) is 8.78 Å². The van der Waals surface area contributed by atoms with Crippen molar-refractivity contribution in [2.45, 2.75) is 13.0 Å². The first-order valence-corrected chi connectivity index (χ1v) is 3.70. The molecule has 1 heterocycles. The standard InChI is InChI=1S/C8H10F2N2O/c1-13-6-2-5(3-11)7(8(9)10)12-4-6/h2,4,8H,3,11H2,1H3. The van der Waals surface area contributed by atoms with Crippen LogP contribution in [0.3, 0.4) is 0 Å². The zero-order chi connectivity index (χ0) is 9.84. The third-order valence-electron chi connectivity index (χ3n) is 1.64. The van der Waals surface area contributed by atoms with E-state index in [0.717, 1.165) is 0 Å². The van der Waals surface area contributed by atoms with Crippen LogP contribution in [0.5, 0.6) is 5.75 Å². The van der Waals surface area contributed by atoms with Gasteiger partial charge >= 0.3 is 0 Å². The van der Waals surface area contributed by atoms with Gasteiger partial charge in [-0.15, -0.1) is 0 Å². The average molecular weight is 188 g/mol. The summed E-state index contributed by atoms with van der Waals surface area (Å²) in [6.07, 6.45) is -1.34. The fourth-order valence-electron chi connectivity index (χ4n) is 0.971. The van der Waals surface area contributed by atoms with Gasteiger partial charge in [-0.2, -0.15) is 0 Å². The second-order valence-electron chi connectivity index (χ2n) is 2.42. The first-order chi connectivity index (χ1) is 6.19. The van der Waals surface area contributed by atoms with E-state index in [1.165, 1.54) is 19.4 Å². The molecule has 0 aromatic carbocycles. The minimum absolute atomic E-state index is 0.0316. The second kappa shape index (κ2) is 4.13. The van der Waals surface area contributed by atoms with E-state index < -0.39 is 6.43 Å². The highest BCUT2D eigenvalue weighted by Gasteiger charge is 2.14. The van der Waals surface area contributed by atoms with Crippen molar-refractivity contribution in [3.05, 3.63) is 23.5 Å². The summed E-state index contributed by atoms with van der Waals surface area (Å²) < 4.78 is 29.4. The molecule has 1 aromatic heterocycles. The number of hydrogen-bond donors (Lipinski definition) is 1. The fraction of sp³-hybridized carbons (Fsp3) is 0.375. The monoisotopic (exact) mass is 188 g/mol. The molecule has 1 aromatic rings. The number of ether oxygens (including phenoxy) is 1. The quantitative estimate of drug-likeness (QED) is 0.781. The van der Waals surface area contributed by atoms with Gasteiger partial charge in [-0.25, -0.2) is 8.78 Å². The molecule has 5 heteroatoms. The molecule has 0 aliphatic heterocycles. The number of nitrogens with zero attached hydrogens (tertiary/aromatic N) is 1. The van der Waals surface area contributed by atoms with Crippen molar-refractivity contribution in [3.8, 4) is 5.75 Å². The lowest BCUT2D eigenvalue weighted by molar-refractivity contribution is 0.144. The van der Waals surface area contributed by atoms with E-state index in [1.54, 1.807) is 0 Å². The van der Waals surface area contributed by atoms with Crippen molar-refractivity contribution in [1.82, 2.24) is 4.98 Å². The minimum Gasteiger partial charge on any atom is -0.495 e. The van der Waals surface area contributed by atoms with Crippen LogP contribution >= 0.6 is 0 Å². The fourth-order valence-corrected chi connectivity index (χ4v) is 0.971. The molecule has 0 saturated heterocycles. The van der Waals surface area contributed by atoms with E-state index in [0.29, 0.717) is 11.3 Å². The number of halogens is 2. The lowest BCUT2D eigenvalue weighted by Crippen LogP contribution is -2.04. The van der Waals surface area contributed by atoms with Crippen molar-refractivity contribution in [2.24, 2.45) is 5.73 Å². The van der Waals surface area contributed by atoms with Crippen molar-refractivity contribution >= 4 is 0 Å². The summed E-state index contributed by atoms with van der Waals surface area (Å²) in [6, 6.07) is 1.47. The third-order valence-corrected chi connectivity index (χ3v) is 1.64. The van der Waals surface area contributed by atoms with Gasteiger partial charge in [0, 0.05) is 6.54 Å². The smallest absolute Gasteiger partial charge is 0.280 e. The Kier molecular flexibility index (Phi) is 3.13.